The first-order valence-corrected chi connectivity index (χ1v) is 9.09. The lowest BCUT2D eigenvalue weighted by Gasteiger charge is -2.35. The van der Waals surface area contributed by atoms with E-state index in [1.54, 1.807) is 0 Å². The minimum atomic E-state index is 0.625. The predicted molar refractivity (Wildman–Crippen MR) is 104 cm³/mol. The van der Waals surface area contributed by atoms with E-state index in [1.165, 1.54) is 29.5 Å². The molecule has 1 aliphatic rings. The van der Waals surface area contributed by atoms with Crippen LogP contribution in [0.25, 0.3) is 6.08 Å². The van der Waals surface area contributed by atoms with Gasteiger partial charge in [0, 0.05) is 18.3 Å². The molecule has 0 amide bonds. The Hall–Kier alpha value is -2.06. The highest BCUT2D eigenvalue weighted by atomic mass is 15.1. The summed E-state index contributed by atoms with van der Waals surface area (Å²) in [5.41, 5.74) is 11.2. The van der Waals surface area contributed by atoms with Crippen molar-refractivity contribution in [2.24, 2.45) is 0 Å². The highest BCUT2D eigenvalue weighted by Gasteiger charge is 2.24. The Kier molecular flexibility index (Phi) is 5.71. The van der Waals surface area contributed by atoms with E-state index in [2.05, 4.69) is 66.4 Å². The van der Waals surface area contributed by atoms with Gasteiger partial charge in [-0.25, -0.2) is 0 Å². The van der Waals surface area contributed by atoms with Gasteiger partial charge in [0.1, 0.15) is 0 Å². The number of nitrogen functional groups attached to an aromatic ring is 1. The highest BCUT2D eigenvalue weighted by molar-refractivity contribution is 5.52. The van der Waals surface area contributed by atoms with Gasteiger partial charge in [0.15, 0.2) is 0 Å². The molecule has 2 nitrogen and oxygen atoms in total. The maximum Gasteiger partial charge on any atom is 0.0349 e. The van der Waals surface area contributed by atoms with Crippen LogP contribution in [0.15, 0.2) is 54.6 Å². The van der Waals surface area contributed by atoms with Crippen molar-refractivity contribution in [2.45, 2.75) is 38.6 Å². The lowest BCUT2D eigenvalue weighted by Crippen LogP contribution is -2.40. The van der Waals surface area contributed by atoms with Gasteiger partial charge in [0.2, 0.25) is 0 Å². The maximum absolute atomic E-state index is 6.14. The van der Waals surface area contributed by atoms with Crippen molar-refractivity contribution in [2.75, 3.05) is 18.8 Å². The smallest absolute Gasteiger partial charge is 0.0349 e. The zero-order chi connectivity index (χ0) is 16.8. The quantitative estimate of drug-likeness (QED) is 0.791. The summed E-state index contributed by atoms with van der Waals surface area (Å²) < 4.78 is 0. The van der Waals surface area contributed by atoms with Crippen LogP contribution in [0.1, 0.15) is 36.5 Å². The zero-order valence-electron chi connectivity index (χ0n) is 14.6. The number of nitrogens with two attached hydrogens (primary N) is 1. The van der Waals surface area contributed by atoms with Gasteiger partial charge in [-0.2, -0.15) is 0 Å². The molecule has 0 saturated carbocycles. The first-order chi connectivity index (χ1) is 11.8. The number of anilines is 1. The Morgan fingerprint density at radius 3 is 2.75 bits per heavy atom. The summed E-state index contributed by atoms with van der Waals surface area (Å²) in [6.07, 6.45) is 9.17. The normalized spacial score (nSPS) is 17.3. The van der Waals surface area contributed by atoms with Crippen LogP contribution in [0.2, 0.25) is 0 Å². The van der Waals surface area contributed by atoms with E-state index in [1.807, 2.05) is 6.07 Å². The second-order valence-corrected chi connectivity index (χ2v) is 6.69. The Labute approximate surface area is 146 Å². The summed E-state index contributed by atoms with van der Waals surface area (Å²) in [6, 6.07) is 17.5. The fourth-order valence-corrected chi connectivity index (χ4v) is 3.73. The van der Waals surface area contributed by atoms with Gasteiger partial charge in [-0.15, -0.1) is 0 Å². The van der Waals surface area contributed by atoms with Gasteiger partial charge in [0.25, 0.3) is 0 Å². The van der Waals surface area contributed by atoms with E-state index < -0.39 is 0 Å². The molecule has 1 atom stereocenters. The molecule has 24 heavy (non-hydrogen) atoms. The maximum atomic E-state index is 6.14. The molecule has 0 radical (unpaired) electrons. The van der Waals surface area contributed by atoms with Crippen molar-refractivity contribution in [1.82, 2.24) is 4.90 Å². The number of fused-ring (bicyclic) bond motifs is 1. The van der Waals surface area contributed by atoms with Crippen LogP contribution in [0.5, 0.6) is 0 Å². The van der Waals surface area contributed by atoms with E-state index in [-0.39, 0.29) is 0 Å². The van der Waals surface area contributed by atoms with Gasteiger partial charge in [-0.3, -0.25) is 4.90 Å². The van der Waals surface area contributed by atoms with Crippen molar-refractivity contribution >= 4 is 11.8 Å². The number of nitrogens with zero attached hydrogens (tertiary/aromatic N) is 1. The Balaban J connectivity index is 1.66. The van der Waals surface area contributed by atoms with Crippen LogP contribution in [0.3, 0.4) is 0 Å². The average molecular weight is 320 g/mol. The summed E-state index contributed by atoms with van der Waals surface area (Å²) in [6.45, 7) is 4.44. The van der Waals surface area contributed by atoms with Crippen LogP contribution in [-0.4, -0.2) is 24.0 Å². The molecule has 3 rings (SSSR count). The molecular formula is C22H28N2. The molecule has 0 fully saturated rings. The van der Waals surface area contributed by atoms with Gasteiger partial charge in [-0.05, 0) is 55.0 Å². The molecule has 0 spiro atoms. The van der Waals surface area contributed by atoms with E-state index in [9.17, 15) is 0 Å². The molecule has 2 N–H and O–H groups in total. The molecule has 0 bridgehead atoms. The third-order valence-corrected chi connectivity index (χ3v) is 4.97. The SMILES string of the molecule is CCCN(CC=Cc1ccccc1)C1CCc2c(N)cccc2C1. The van der Waals surface area contributed by atoms with Crippen LogP contribution in [0, 0.1) is 0 Å². The van der Waals surface area contributed by atoms with E-state index in [0.717, 1.165) is 31.6 Å². The third-order valence-electron chi connectivity index (χ3n) is 4.97. The standard InChI is InChI=1S/C22H28N2/c1-2-15-24(16-7-10-18-8-4-3-5-9-18)20-13-14-21-19(17-20)11-6-12-22(21)23/h3-12,20H,2,13-17,23H2,1H3. The lowest BCUT2D eigenvalue weighted by molar-refractivity contribution is 0.199. The highest BCUT2D eigenvalue weighted by Crippen LogP contribution is 2.28. The average Bonchev–Trinajstić information content (AvgIpc) is 2.62. The van der Waals surface area contributed by atoms with Crippen LogP contribution < -0.4 is 5.73 Å². The van der Waals surface area contributed by atoms with Crippen molar-refractivity contribution < 1.29 is 0 Å². The summed E-state index contributed by atoms with van der Waals surface area (Å²) >= 11 is 0. The second kappa shape index (κ2) is 8.16. The topological polar surface area (TPSA) is 29.3 Å². The Morgan fingerprint density at radius 1 is 1.12 bits per heavy atom. The largest absolute Gasteiger partial charge is 0.398 e. The zero-order valence-corrected chi connectivity index (χ0v) is 14.6. The number of rotatable bonds is 6. The fourth-order valence-electron chi connectivity index (χ4n) is 3.73. The van der Waals surface area contributed by atoms with Crippen LogP contribution >= 0.6 is 0 Å². The number of hydrogen-bond acceptors (Lipinski definition) is 2. The molecule has 0 saturated heterocycles. The first kappa shape index (κ1) is 16.8. The Morgan fingerprint density at radius 2 is 1.96 bits per heavy atom. The lowest BCUT2D eigenvalue weighted by atomic mass is 9.86. The minimum Gasteiger partial charge on any atom is -0.398 e. The second-order valence-electron chi connectivity index (χ2n) is 6.69. The predicted octanol–water partition coefficient (Wildman–Crippen LogP) is 4.55. The molecule has 0 aromatic heterocycles. The van der Waals surface area contributed by atoms with Gasteiger partial charge in [0.05, 0.1) is 0 Å². The van der Waals surface area contributed by atoms with Crippen LogP contribution in [0.4, 0.5) is 5.69 Å². The van der Waals surface area contributed by atoms with E-state index in [0.29, 0.717) is 6.04 Å². The molecular weight excluding hydrogens is 292 g/mol. The fraction of sp³-hybridized carbons (Fsp3) is 0.364. The van der Waals surface area contributed by atoms with E-state index >= 15 is 0 Å². The molecule has 0 heterocycles. The summed E-state index contributed by atoms with van der Waals surface area (Å²) in [4.78, 5) is 2.63. The van der Waals surface area contributed by atoms with Crippen molar-refractivity contribution in [3.63, 3.8) is 0 Å². The molecule has 1 unspecified atom stereocenters. The summed E-state index contributed by atoms with van der Waals surface area (Å²) in [5, 5.41) is 0. The molecule has 2 aromatic carbocycles. The summed E-state index contributed by atoms with van der Waals surface area (Å²) in [7, 11) is 0. The Bertz CT molecular complexity index is 676. The molecule has 1 aliphatic carbocycles. The van der Waals surface area contributed by atoms with Crippen molar-refractivity contribution in [3.05, 3.63) is 71.3 Å². The van der Waals surface area contributed by atoms with Gasteiger partial charge < -0.3 is 5.73 Å². The van der Waals surface area contributed by atoms with Crippen LogP contribution in [-0.2, 0) is 12.8 Å². The minimum absolute atomic E-state index is 0.625. The molecule has 126 valence electrons. The van der Waals surface area contributed by atoms with E-state index in [4.69, 9.17) is 5.73 Å². The van der Waals surface area contributed by atoms with Crippen molar-refractivity contribution in [3.8, 4) is 0 Å². The number of benzene rings is 2. The molecule has 2 aromatic rings. The third kappa shape index (κ3) is 4.07. The summed E-state index contributed by atoms with van der Waals surface area (Å²) in [5.74, 6) is 0. The van der Waals surface area contributed by atoms with Crippen molar-refractivity contribution in [1.29, 1.82) is 0 Å². The monoisotopic (exact) mass is 320 g/mol. The molecule has 2 heteroatoms. The van der Waals surface area contributed by atoms with Gasteiger partial charge >= 0.3 is 0 Å². The molecule has 0 aliphatic heterocycles. The first-order valence-electron chi connectivity index (χ1n) is 9.09. The van der Waals surface area contributed by atoms with Gasteiger partial charge in [-0.1, -0.05) is 61.5 Å². The number of hydrogen-bond donors (Lipinski definition) is 1.